The first-order valence-corrected chi connectivity index (χ1v) is 7.01. The molecule has 106 valence electrons. The van der Waals surface area contributed by atoms with Crippen LogP contribution < -0.4 is 10.2 Å². The highest BCUT2D eigenvalue weighted by atomic mass is 79.9. The topological polar surface area (TPSA) is 41.6 Å². The second kappa shape index (κ2) is 6.80. The van der Waals surface area contributed by atoms with E-state index in [-0.39, 0.29) is 6.09 Å². The van der Waals surface area contributed by atoms with Crippen molar-refractivity contribution in [1.82, 2.24) is 5.32 Å². The Kier molecular flexibility index (Phi) is 5.66. The SMILES string of the molecule is CN(CCNC(=O)OC(C)(C)C)c1ccc(Br)cc1. The number of hydrogen-bond donors (Lipinski definition) is 1. The number of nitrogens with one attached hydrogen (secondary N) is 1. The van der Waals surface area contributed by atoms with Crippen LogP contribution in [0.25, 0.3) is 0 Å². The molecule has 0 heterocycles. The fraction of sp³-hybridized carbons (Fsp3) is 0.500. The zero-order valence-electron chi connectivity index (χ0n) is 11.9. The van der Waals surface area contributed by atoms with E-state index in [1.807, 2.05) is 52.1 Å². The minimum atomic E-state index is -0.457. The maximum Gasteiger partial charge on any atom is 0.407 e. The summed E-state index contributed by atoms with van der Waals surface area (Å²) in [4.78, 5) is 13.5. The number of halogens is 1. The lowest BCUT2D eigenvalue weighted by Crippen LogP contribution is -2.37. The minimum absolute atomic E-state index is 0.378. The van der Waals surface area contributed by atoms with Crippen LogP contribution in [0, 0.1) is 0 Å². The van der Waals surface area contributed by atoms with E-state index < -0.39 is 5.60 Å². The maximum atomic E-state index is 11.5. The zero-order chi connectivity index (χ0) is 14.5. The number of carbonyl (C=O) groups is 1. The van der Waals surface area contributed by atoms with Gasteiger partial charge in [-0.3, -0.25) is 0 Å². The Morgan fingerprint density at radius 2 is 1.89 bits per heavy atom. The van der Waals surface area contributed by atoms with Gasteiger partial charge in [-0.2, -0.15) is 0 Å². The van der Waals surface area contributed by atoms with Crippen LogP contribution in [0.1, 0.15) is 20.8 Å². The van der Waals surface area contributed by atoms with Crippen LogP contribution in [0.2, 0.25) is 0 Å². The molecule has 1 N–H and O–H groups in total. The van der Waals surface area contributed by atoms with Gasteiger partial charge in [-0.15, -0.1) is 0 Å². The van der Waals surface area contributed by atoms with Gasteiger partial charge in [0.05, 0.1) is 0 Å². The molecule has 0 aromatic heterocycles. The fourth-order valence-electron chi connectivity index (χ4n) is 1.46. The number of hydrogen-bond acceptors (Lipinski definition) is 3. The first kappa shape index (κ1) is 15.8. The van der Waals surface area contributed by atoms with E-state index in [9.17, 15) is 4.79 Å². The van der Waals surface area contributed by atoms with Gasteiger partial charge in [0.25, 0.3) is 0 Å². The van der Waals surface area contributed by atoms with E-state index in [0.29, 0.717) is 6.54 Å². The van der Waals surface area contributed by atoms with Crippen LogP contribution in [0.4, 0.5) is 10.5 Å². The normalized spacial score (nSPS) is 11.0. The average Bonchev–Trinajstić information content (AvgIpc) is 2.27. The summed E-state index contributed by atoms with van der Waals surface area (Å²) in [7, 11) is 1.99. The molecule has 1 aromatic carbocycles. The zero-order valence-corrected chi connectivity index (χ0v) is 13.5. The van der Waals surface area contributed by atoms with E-state index in [4.69, 9.17) is 4.74 Å². The largest absolute Gasteiger partial charge is 0.444 e. The molecule has 4 nitrogen and oxygen atoms in total. The van der Waals surface area contributed by atoms with Gasteiger partial charge in [0.2, 0.25) is 0 Å². The third-order valence-electron chi connectivity index (χ3n) is 2.38. The summed E-state index contributed by atoms with van der Waals surface area (Å²) in [5.41, 5.74) is 0.649. The smallest absolute Gasteiger partial charge is 0.407 e. The first-order valence-electron chi connectivity index (χ1n) is 6.21. The molecule has 5 heteroatoms. The summed E-state index contributed by atoms with van der Waals surface area (Å²) in [6, 6.07) is 8.04. The van der Waals surface area contributed by atoms with Gasteiger partial charge in [-0.1, -0.05) is 15.9 Å². The summed E-state index contributed by atoms with van der Waals surface area (Å²) in [5, 5.41) is 2.74. The lowest BCUT2D eigenvalue weighted by molar-refractivity contribution is 0.0529. The van der Waals surface area contributed by atoms with Gasteiger partial charge in [-0.05, 0) is 45.0 Å². The molecule has 0 atom stereocenters. The standard InChI is InChI=1S/C14H21BrN2O2/c1-14(2,3)19-13(18)16-9-10-17(4)12-7-5-11(15)6-8-12/h5-8H,9-10H2,1-4H3,(H,16,18). The Hall–Kier alpha value is -1.23. The summed E-state index contributed by atoms with van der Waals surface area (Å²) >= 11 is 3.40. The minimum Gasteiger partial charge on any atom is -0.444 e. The van der Waals surface area contributed by atoms with Crippen LogP contribution in [0.5, 0.6) is 0 Å². The quantitative estimate of drug-likeness (QED) is 0.920. The Morgan fingerprint density at radius 3 is 2.42 bits per heavy atom. The lowest BCUT2D eigenvalue weighted by Gasteiger charge is -2.22. The fourth-order valence-corrected chi connectivity index (χ4v) is 1.73. The number of anilines is 1. The molecule has 0 fully saturated rings. The van der Waals surface area contributed by atoms with Crippen molar-refractivity contribution in [2.24, 2.45) is 0 Å². The molecular formula is C14H21BrN2O2. The Morgan fingerprint density at radius 1 is 1.32 bits per heavy atom. The predicted octanol–water partition coefficient (Wildman–Crippen LogP) is 3.41. The molecule has 0 aliphatic rings. The van der Waals surface area contributed by atoms with E-state index in [0.717, 1.165) is 16.7 Å². The number of alkyl carbamates (subject to hydrolysis) is 1. The molecule has 19 heavy (non-hydrogen) atoms. The molecule has 1 amide bonds. The molecule has 0 aliphatic carbocycles. The number of likely N-dealkylation sites (N-methyl/N-ethyl adjacent to an activating group) is 1. The number of carbonyl (C=O) groups excluding carboxylic acids is 1. The molecule has 0 spiro atoms. The summed E-state index contributed by atoms with van der Waals surface area (Å²) in [5.74, 6) is 0. The number of ether oxygens (including phenoxy) is 1. The van der Waals surface area contributed by atoms with Crippen molar-refractivity contribution in [1.29, 1.82) is 0 Å². The van der Waals surface area contributed by atoms with E-state index in [1.165, 1.54) is 0 Å². The van der Waals surface area contributed by atoms with Crippen LogP contribution >= 0.6 is 15.9 Å². The highest BCUT2D eigenvalue weighted by molar-refractivity contribution is 9.10. The van der Waals surface area contributed by atoms with Crippen LogP contribution in [-0.2, 0) is 4.74 Å². The third kappa shape index (κ3) is 6.47. The van der Waals surface area contributed by atoms with Gasteiger partial charge in [0.1, 0.15) is 5.60 Å². The molecule has 0 saturated heterocycles. The average molecular weight is 329 g/mol. The molecule has 1 rings (SSSR count). The van der Waals surface area contributed by atoms with E-state index >= 15 is 0 Å². The maximum absolute atomic E-state index is 11.5. The Labute approximate surface area is 123 Å². The molecule has 0 radical (unpaired) electrons. The van der Waals surface area contributed by atoms with Crippen molar-refractivity contribution < 1.29 is 9.53 Å². The summed E-state index contributed by atoms with van der Waals surface area (Å²) < 4.78 is 6.22. The second-order valence-electron chi connectivity index (χ2n) is 5.33. The van der Waals surface area contributed by atoms with E-state index in [1.54, 1.807) is 0 Å². The van der Waals surface area contributed by atoms with Gasteiger partial charge in [0, 0.05) is 30.3 Å². The molecule has 0 saturated carbocycles. The van der Waals surface area contributed by atoms with Gasteiger partial charge in [0.15, 0.2) is 0 Å². The number of rotatable bonds is 4. The number of amides is 1. The summed E-state index contributed by atoms with van der Waals surface area (Å²) in [6.07, 6.45) is -0.378. The highest BCUT2D eigenvalue weighted by Gasteiger charge is 2.15. The van der Waals surface area contributed by atoms with Crippen LogP contribution in [-0.4, -0.2) is 31.8 Å². The van der Waals surface area contributed by atoms with Gasteiger partial charge >= 0.3 is 6.09 Å². The van der Waals surface area contributed by atoms with Crippen LogP contribution in [0.15, 0.2) is 28.7 Å². The van der Waals surface area contributed by atoms with Crippen molar-refractivity contribution >= 4 is 27.7 Å². The summed E-state index contributed by atoms with van der Waals surface area (Å²) in [6.45, 7) is 6.81. The van der Waals surface area contributed by atoms with E-state index in [2.05, 4.69) is 26.1 Å². The van der Waals surface area contributed by atoms with Crippen molar-refractivity contribution in [3.8, 4) is 0 Å². The molecular weight excluding hydrogens is 308 g/mol. The van der Waals surface area contributed by atoms with Gasteiger partial charge < -0.3 is 15.0 Å². The number of nitrogens with zero attached hydrogens (tertiary/aromatic N) is 1. The van der Waals surface area contributed by atoms with Crippen molar-refractivity contribution in [2.45, 2.75) is 26.4 Å². The first-order chi connectivity index (χ1) is 8.78. The number of benzene rings is 1. The van der Waals surface area contributed by atoms with Crippen molar-refractivity contribution in [3.05, 3.63) is 28.7 Å². The predicted molar refractivity (Wildman–Crippen MR) is 81.6 cm³/mol. The molecule has 0 unspecified atom stereocenters. The highest BCUT2D eigenvalue weighted by Crippen LogP contribution is 2.16. The molecule has 0 aliphatic heterocycles. The van der Waals surface area contributed by atoms with Crippen molar-refractivity contribution in [3.63, 3.8) is 0 Å². The molecule has 1 aromatic rings. The van der Waals surface area contributed by atoms with Crippen LogP contribution in [0.3, 0.4) is 0 Å². The Bertz CT molecular complexity index is 412. The third-order valence-corrected chi connectivity index (χ3v) is 2.91. The lowest BCUT2D eigenvalue weighted by atomic mass is 10.2. The van der Waals surface area contributed by atoms with Crippen molar-refractivity contribution in [2.75, 3.05) is 25.0 Å². The van der Waals surface area contributed by atoms with Gasteiger partial charge in [-0.25, -0.2) is 4.79 Å². The Balaban J connectivity index is 2.33. The molecule has 0 bridgehead atoms. The second-order valence-corrected chi connectivity index (χ2v) is 6.24. The monoisotopic (exact) mass is 328 g/mol.